The Bertz CT molecular complexity index is 877. The van der Waals surface area contributed by atoms with Crippen LogP contribution >= 0.6 is 23.2 Å². The summed E-state index contributed by atoms with van der Waals surface area (Å²) in [5, 5.41) is 10.2. The number of rotatable bonds is 2. The summed E-state index contributed by atoms with van der Waals surface area (Å²) in [6.07, 6.45) is 1.71. The summed E-state index contributed by atoms with van der Waals surface area (Å²) < 4.78 is 1.97. The number of halogens is 2. The van der Waals surface area contributed by atoms with E-state index in [2.05, 4.69) is 16.0 Å². The Morgan fingerprint density at radius 1 is 1.24 bits per heavy atom. The molecule has 3 rings (SSSR count). The van der Waals surface area contributed by atoms with Crippen molar-refractivity contribution in [1.82, 2.24) is 14.5 Å². The summed E-state index contributed by atoms with van der Waals surface area (Å²) in [6.45, 7) is 2.79. The number of hydrogen-bond acceptors (Lipinski definition) is 3. The molecule has 0 aliphatic carbocycles. The number of aromatic nitrogens is 3. The van der Waals surface area contributed by atoms with Crippen LogP contribution in [0.15, 0.2) is 30.6 Å². The fourth-order valence-electron chi connectivity index (χ4n) is 2.19. The van der Waals surface area contributed by atoms with Crippen molar-refractivity contribution in [1.29, 1.82) is 5.26 Å². The number of imidazole rings is 1. The molecule has 3 aromatic rings. The Hall–Kier alpha value is -2.09. The second kappa shape index (κ2) is 5.36. The van der Waals surface area contributed by atoms with Gasteiger partial charge in [-0.1, -0.05) is 29.3 Å². The van der Waals surface area contributed by atoms with Gasteiger partial charge in [-0.3, -0.25) is 0 Å². The summed E-state index contributed by atoms with van der Waals surface area (Å²) in [5.41, 5.74) is 3.29. The van der Waals surface area contributed by atoms with Crippen LogP contribution < -0.4 is 0 Å². The zero-order valence-corrected chi connectivity index (χ0v) is 12.7. The van der Waals surface area contributed by atoms with E-state index in [1.54, 1.807) is 18.5 Å². The molecule has 0 fully saturated rings. The van der Waals surface area contributed by atoms with Crippen molar-refractivity contribution in [3.05, 3.63) is 46.3 Å². The highest BCUT2D eigenvalue weighted by molar-refractivity contribution is 6.42. The van der Waals surface area contributed by atoms with Gasteiger partial charge in [-0.15, -0.1) is 0 Å². The van der Waals surface area contributed by atoms with E-state index in [4.69, 9.17) is 23.2 Å². The van der Waals surface area contributed by atoms with Crippen LogP contribution in [0, 0.1) is 11.3 Å². The molecule has 4 nitrogen and oxygen atoms in total. The number of hydrogen-bond donors (Lipinski definition) is 0. The second-order valence-electron chi connectivity index (χ2n) is 4.50. The van der Waals surface area contributed by atoms with Gasteiger partial charge < -0.3 is 4.57 Å². The Balaban J connectivity index is 2.27. The molecule has 104 valence electrons. The highest BCUT2D eigenvalue weighted by Gasteiger charge is 2.12. The first-order chi connectivity index (χ1) is 10.1. The summed E-state index contributed by atoms with van der Waals surface area (Å²) in [7, 11) is 0. The van der Waals surface area contributed by atoms with Crippen molar-refractivity contribution in [2.45, 2.75) is 13.5 Å². The van der Waals surface area contributed by atoms with E-state index >= 15 is 0 Å². The second-order valence-corrected chi connectivity index (χ2v) is 5.31. The standard InChI is InChI=1S/C15H10Cl2N4/c1-2-21-8-19-15-13(7-18)20-12(6-14(15)21)9-3-4-10(16)11(17)5-9/h3-6,8H,2H2,1H3. The summed E-state index contributed by atoms with van der Waals surface area (Å²) in [6, 6.07) is 9.29. The molecule has 0 bridgehead atoms. The predicted octanol–water partition coefficient (Wildman–Crippen LogP) is 4.30. The predicted molar refractivity (Wildman–Crippen MR) is 83.4 cm³/mol. The minimum absolute atomic E-state index is 0.306. The molecule has 0 aliphatic heterocycles. The van der Waals surface area contributed by atoms with Crippen molar-refractivity contribution in [3.8, 4) is 17.3 Å². The third-order valence-electron chi connectivity index (χ3n) is 3.27. The first-order valence-electron chi connectivity index (χ1n) is 6.35. The molecule has 0 aliphatic rings. The van der Waals surface area contributed by atoms with E-state index in [0.29, 0.717) is 26.9 Å². The molecule has 0 saturated heterocycles. The average Bonchev–Trinajstić information content (AvgIpc) is 2.92. The highest BCUT2D eigenvalue weighted by atomic mass is 35.5. The third kappa shape index (κ3) is 2.35. The van der Waals surface area contributed by atoms with Crippen molar-refractivity contribution < 1.29 is 0 Å². The fourth-order valence-corrected chi connectivity index (χ4v) is 2.49. The van der Waals surface area contributed by atoms with Gasteiger partial charge >= 0.3 is 0 Å². The molecule has 6 heteroatoms. The maximum atomic E-state index is 9.28. The summed E-state index contributed by atoms with van der Waals surface area (Å²) >= 11 is 12.0. The lowest BCUT2D eigenvalue weighted by molar-refractivity contribution is 0.787. The number of aryl methyl sites for hydroxylation is 1. The largest absolute Gasteiger partial charge is 0.331 e. The van der Waals surface area contributed by atoms with Crippen LogP contribution in [0.2, 0.25) is 10.0 Å². The summed E-state index contributed by atoms with van der Waals surface area (Å²) in [5.74, 6) is 0. The molecule has 0 saturated carbocycles. The zero-order chi connectivity index (χ0) is 15.0. The smallest absolute Gasteiger partial charge is 0.169 e. The van der Waals surface area contributed by atoms with Gasteiger partial charge in [0.25, 0.3) is 0 Å². The minimum Gasteiger partial charge on any atom is -0.331 e. The van der Waals surface area contributed by atoms with Gasteiger partial charge in [0.15, 0.2) is 5.69 Å². The van der Waals surface area contributed by atoms with E-state index in [0.717, 1.165) is 17.6 Å². The molecule has 0 amide bonds. The SMILES string of the molecule is CCn1cnc2c(C#N)nc(-c3ccc(Cl)c(Cl)c3)cc21. The average molecular weight is 317 g/mol. The lowest BCUT2D eigenvalue weighted by Crippen LogP contribution is -1.95. The van der Waals surface area contributed by atoms with Gasteiger partial charge in [-0.25, -0.2) is 9.97 Å². The van der Waals surface area contributed by atoms with Crippen LogP contribution in [-0.4, -0.2) is 14.5 Å². The minimum atomic E-state index is 0.306. The van der Waals surface area contributed by atoms with Gasteiger partial charge in [0.1, 0.15) is 11.6 Å². The van der Waals surface area contributed by atoms with Crippen LogP contribution in [-0.2, 0) is 6.54 Å². The molecular formula is C15H10Cl2N4. The Labute approximate surface area is 131 Å². The van der Waals surface area contributed by atoms with Crippen LogP contribution in [0.4, 0.5) is 0 Å². The Morgan fingerprint density at radius 3 is 2.71 bits per heavy atom. The van der Waals surface area contributed by atoms with Gasteiger partial charge in [-0.2, -0.15) is 5.26 Å². The van der Waals surface area contributed by atoms with Gasteiger partial charge in [0, 0.05) is 12.1 Å². The molecule has 2 aromatic heterocycles. The van der Waals surface area contributed by atoms with Crippen LogP contribution in [0.3, 0.4) is 0 Å². The number of pyridine rings is 1. The zero-order valence-electron chi connectivity index (χ0n) is 11.1. The van der Waals surface area contributed by atoms with Crippen LogP contribution in [0.1, 0.15) is 12.6 Å². The van der Waals surface area contributed by atoms with E-state index in [9.17, 15) is 5.26 Å². The number of benzene rings is 1. The number of nitrogens with zero attached hydrogens (tertiary/aromatic N) is 4. The molecule has 2 heterocycles. The lowest BCUT2D eigenvalue weighted by Gasteiger charge is -2.06. The molecule has 0 spiro atoms. The quantitative estimate of drug-likeness (QED) is 0.708. The molecule has 0 atom stereocenters. The van der Waals surface area contributed by atoms with Crippen LogP contribution in [0.5, 0.6) is 0 Å². The maximum absolute atomic E-state index is 9.28. The number of fused-ring (bicyclic) bond motifs is 1. The monoisotopic (exact) mass is 316 g/mol. The van der Waals surface area contributed by atoms with Crippen molar-refractivity contribution in [2.75, 3.05) is 0 Å². The Kier molecular flexibility index (Phi) is 3.54. The number of nitriles is 1. The Morgan fingerprint density at radius 2 is 2.05 bits per heavy atom. The topological polar surface area (TPSA) is 54.5 Å². The molecule has 21 heavy (non-hydrogen) atoms. The molecule has 0 N–H and O–H groups in total. The third-order valence-corrected chi connectivity index (χ3v) is 4.01. The van der Waals surface area contributed by atoms with Gasteiger partial charge in [-0.05, 0) is 25.1 Å². The first-order valence-corrected chi connectivity index (χ1v) is 7.11. The van der Waals surface area contributed by atoms with E-state index in [1.807, 2.05) is 23.6 Å². The normalized spacial score (nSPS) is 10.8. The molecule has 0 unspecified atom stereocenters. The molecule has 1 aromatic carbocycles. The van der Waals surface area contributed by atoms with Gasteiger partial charge in [0.05, 0.1) is 27.6 Å². The van der Waals surface area contributed by atoms with E-state index in [-0.39, 0.29) is 0 Å². The molecular weight excluding hydrogens is 307 g/mol. The fraction of sp³-hybridized carbons (Fsp3) is 0.133. The van der Waals surface area contributed by atoms with Crippen molar-refractivity contribution in [3.63, 3.8) is 0 Å². The van der Waals surface area contributed by atoms with E-state index in [1.165, 1.54) is 0 Å². The van der Waals surface area contributed by atoms with Gasteiger partial charge in [0.2, 0.25) is 0 Å². The van der Waals surface area contributed by atoms with Crippen molar-refractivity contribution >= 4 is 34.2 Å². The highest BCUT2D eigenvalue weighted by Crippen LogP contribution is 2.29. The summed E-state index contributed by atoms with van der Waals surface area (Å²) in [4.78, 5) is 8.63. The van der Waals surface area contributed by atoms with Crippen molar-refractivity contribution in [2.24, 2.45) is 0 Å². The molecule has 0 radical (unpaired) electrons. The first kappa shape index (κ1) is 13.9. The lowest BCUT2D eigenvalue weighted by atomic mass is 10.1. The van der Waals surface area contributed by atoms with E-state index < -0.39 is 0 Å². The van der Waals surface area contributed by atoms with Crippen LogP contribution in [0.25, 0.3) is 22.3 Å². The maximum Gasteiger partial charge on any atom is 0.169 e.